The number of ether oxygens (including phenoxy) is 1. The van der Waals surface area contributed by atoms with E-state index in [1.807, 2.05) is 17.6 Å². The highest BCUT2D eigenvalue weighted by Crippen LogP contribution is 2.34. The maximum Gasteiger partial charge on any atom is 0.328 e. The van der Waals surface area contributed by atoms with Gasteiger partial charge in [0.1, 0.15) is 0 Å². The maximum atomic E-state index is 12.5. The van der Waals surface area contributed by atoms with Crippen LogP contribution in [0.1, 0.15) is 51.0 Å². The standard InChI is InChI=1S/C18H22N2O5/c1-3-4-6-11-14(21)25-18(12(2)13-9-7-5-8-10-13)15(22)19-17(24)20-16(18)23/h5,7-10,12H,3-4,6,11H2,1-2H3,(H2,19,20,22,23,24). The van der Waals surface area contributed by atoms with E-state index in [2.05, 4.69) is 0 Å². The highest BCUT2D eigenvalue weighted by atomic mass is 16.6. The molecule has 7 nitrogen and oxygen atoms in total. The van der Waals surface area contributed by atoms with Crippen LogP contribution in [0.2, 0.25) is 0 Å². The van der Waals surface area contributed by atoms with Crippen molar-refractivity contribution >= 4 is 23.8 Å². The third kappa shape index (κ3) is 3.87. The lowest BCUT2D eigenvalue weighted by molar-refractivity contribution is -0.178. The van der Waals surface area contributed by atoms with Gasteiger partial charge in [-0.2, -0.15) is 0 Å². The van der Waals surface area contributed by atoms with Crippen molar-refractivity contribution in [2.45, 2.75) is 51.0 Å². The van der Waals surface area contributed by atoms with E-state index in [4.69, 9.17) is 4.74 Å². The normalized spacial score (nSPS) is 17.4. The van der Waals surface area contributed by atoms with Crippen molar-refractivity contribution in [2.75, 3.05) is 0 Å². The lowest BCUT2D eigenvalue weighted by Gasteiger charge is -2.37. The van der Waals surface area contributed by atoms with Gasteiger partial charge in [-0.15, -0.1) is 0 Å². The number of rotatable bonds is 7. The molecule has 1 saturated heterocycles. The number of hydrogen-bond acceptors (Lipinski definition) is 5. The van der Waals surface area contributed by atoms with Crippen molar-refractivity contribution in [3.8, 4) is 0 Å². The van der Waals surface area contributed by atoms with E-state index in [1.54, 1.807) is 37.3 Å². The summed E-state index contributed by atoms with van der Waals surface area (Å²) in [7, 11) is 0. The van der Waals surface area contributed by atoms with E-state index in [-0.39, 0.29) is 6.42 Å². The predicted molar refractivity (Wildman–Crippen MR) is 89.5 cm³/mol. The van der Waals surface area contributed by atoms with Crippen molar-refractivity contribution in [3.63, 3.8) is 0 Å². The number of esters is 1. The fourth-order valence-corrected chi connectivity index (χ4v) is 2.83. The lowest BCUT2D eigenvalue weighted by atomic mass is 9.80. The summed E-state index contributed by atoms with van der Waals surface area (Å²) in [6.45, 7) is 3.61. The van der Waals surface area contributed by atoms with Crippen molar-refractivity contribution in [2.24, 2.45) is 0 Å². The van der Waals surface area contributed by atoms with Crippen LogP contribution in [0.25, 0.3) is 0 Å². The summed E-state index contributed by atoms with van der Waals surface area (Å²) in [5.74, 6) is -3.27. The number of carbonyl (C=O) groups is 4. The molecule has 1 aromatic carbocycles. The van der Waals surface area contributed by atoms with E-state index in [1.165, 1.54) is 0 Å². The fraction of sp³-hybridized carbons (Fsp3) is 0.444. The summed E-state index contributed by atoms with van der Waals surface area (Å²) >= 11 is 0. The summed E-state index contributed by atoms with van der Waals surface area (Å²) < 4.78 is 5.40. The number of nitrogens with one attached hydrogen (secondary N) is 2. The number of unbranched alkanes of at least 4 members (excludes halogenated alkanes) is 2. The molecule has 2 N–H and O–H groups in total. The van der Waals surface area contributed by atoms with Crippen LogP contribution in [0, 0.1) is 0 Å². The Labute approximate surface area is 146 Å². The number of urea groups is 1. The van der Waals surface area contributed by atoms with E-state index < -0.39 is 35.3 Å². The molecule has 2 rings (SSSR count). The molecule has 7 heteroatoms. The summed E-state index contributed by atoms with van der Waals surface area (Å²) in [4.78, 5) is 48.8. The number of imide groups is 2. The van der Waals surface area contributed by atoms with E-state index in [0.717, 1.165) is 12.8 Å². The van der Waals surface area contributed by atoms with Crippen molar-refractivity contribution in [1.82, 2.24) is 10.6 Å². The van der Waals surface area contributed by atoms with E-state index in [0.29, 0.717) is 12.0 Å². The first kappa shape index (κ1) is 18.6. The molecule has 1 aliphatic rings. The van der Waals surface area contributed by atoms with Crippen LogP contribution in [0.4, 0.5) is 4.79 Å². The smallest absolute Gasteiger partial charge is 0.328 e. The molecule has 1 unspecified atom stereocenters. The van der Waals surface area contributed by atoms with Crippen LogP contribution in [-0.2, 0) is 19.1 Å². The molecule has 0 aliphatic carbocycles. The molecule has 1 fully saturated rings. The average Bonchev–Trinajstić information content (AvgIpc) is 2.58. The molecule has 0 aromatic heterocycles. The number of benzene rings is 1. The molecule has 0 saturated carbocycles. The molecule has 1 aromatic rings. The predicted octanol–water partition coefficient (Wildman–Crippen LogP) is 2.02. The van der Waals surface area contributed by atoms with Gasteiger partial charge >= 0.3 is 12.0 Å². The Hall–Kier alpha value is -2.70. The molecular formula is C18H22N2O5. The molecule has 134 valence electrons. The molecule has 0 spiro atoms. The summed E-state index contributed by atoms with van der Waals surface area (Å²) in [5, 5.41) is 4.07. The number of hydrogen-bond donors (Lipinski definition) is 2. The fourth-order valence-electron chi connectivity index (χ4n) is 2.83. The first-order valence-electron chi connectivity index (χ1n) is 8.35. The average molecular weight is 346 g/mol. The number of carbonyl (C=O) groups excluding carboxylic acids is 4. The molecule has 0 radical (unpaired) electrons. The van der Waals surface area contributed by atoms with Crippen molar-refractivity contribution < 1.29 is 23.9 Å². The number of amides is 4. The van der Waals surface area contributed by atoms with Crippen LogP contribution in [-0.4, -0.2) is 29.4 Å². The van der Waals surface area contributed by atoms with Gasteiger partial charge in [0, 0.05) is 12.3 Å². The molecular weight excluding hydrogens is 324 g/mol. The van der Waals surface area contributed by atoms with E-state index >= 15 is 0 Å². The maximum absolute atomic E-state index is 12.5. The Balaban J connectivity index is 2.34. The highest BCUT2D eigenvalue weighted by molar-refractivity contribution is 6.23. The lowest BCUT2D eigenvalue weighted by Crippen LogP contribution is -2.70. The van der Waals surface area contributed by atoms with Crippen molar-refractivity contribution in [3.05, 3.63) is 35.9 Å². The first-order valence-corrected chi connectivity index (χ1v) is 8.35. The second kappa shape index (κ2) is 7.92. The second-order valence-electron chi connectivity index (χ2n) is 6.04. The Bertz CT molecular complexity index is 651. The zero-order valence-corrected chi connectivity index (χ0v) is 14.3. The zero-order valence-electron chi connectivity index (χ0n) is 14.3. The van der Waals surface area contributed by atoms with E-state index in [9.17, 15) is 19.2 Å². The SMILES string of the molecule is CCCCCC(=O)OC1(C(C)c2ccccc2)C(=O)NC(=O)NC1=O. The Kier molecular flexibility index (Phi) is 5.90. The Morgan fingerprint density at radius 1 is 1.08 bits per heavy atom. The monoisotopic (exact) mass is 346 g/mol. The third-order valence-electron chi connectivity index (χ3n) is 4.30. The largest absolute Gasteiger partial charge is 0.438 e. The van der Waals surface area contributed by atoms with Crippen LogP contribution in [0.3, 0.4) is 0 Å². The van der Waals surface area contributed by atoms with Crippen LogP contribution < -0.4 is 10.6 Å². The third-order valence-corrected chi connectivity index (χ3v) is 4.30. The van der Waals surface area contributed by atoms with Gasteiger partial charge in [0.05, 0.1) is 0 Å². The van der Waals surface area contributed by atoms with Crippen LogP contribution in [0.5, 0.6) is 0 Å². The minimum atomic E-state index is -2.11. The van der Waals surface area contributed by atoms with Gasteiger partial charge in [0.15, 0.2) is 0 Å². The van der Waals surface area contributed by atoms with Gasteiger partial charge in [-0.25, -0.2) is 4.79 Å². The highest BCUT2D eigenvalue weighted by Gasteiger charge is 2.58. The Morgan fingerprint density at radius 3 is 2.24 bits per heavy atom. The molecule has 0 bridgehead atoms. The van der Waals surface area contributed by atoms with Gasteiger partial charge in [-0.1, -0.05) is 57.0 Å². The van der Waals surface area contributed by atoms with Gasteiger partial charge < -0.3 is 4.74 Å². The van der Waals surface area contributed by atoms with Gasteiger partial charge in [-0.05, 0) is 12.0 Å². The first-order chi connectivity index (χ1) is 11.9. The molecule has 1 atom stereocenters. The van der Waals surface area contributed by atoms with Gasteiger partial charge in [-0.3, -0.25) is 25.0 Å². The molecule has 1 aliphatic heterocycles. The van der Waals surface area contributed by atoms with Gasteiger partial charge in [0.25, 0.3) is 17.4 Å². The minimum absolute atomic E-state index is 0.103. The zero-order chi connectivity index (χ0) is 18.4. The van der Waals surface area contributed by atoms with Gasteiger partial charge in [0.2, 0.25) is 0 Å². The van der Waals surface area contributed by atoms with Crippen molar-refractivity contribution in [1.29, 1.82) is 0 Å². The minimum Gasteiger partial charge on any atom is -0.438 e. The summed E-state index contributed by atoms with van der Waals surface area (Å²) in [6.07, 6.45) is 2.47. The molecule has 25 heavy (non-hydrogen) atoms. The summed E-state index contributed by atoms with van der Waals surface area (Å²) in [5.41, 5.74) is -1.47. The molecule has 1 heterocycles. The topological polar surface area (TPSA) is 102 Å². The van der Waals surface area contributed by atoms with Crippen LogP contribution >= 0.6 is 0 Å². The second-order valence-corrected chi connectivity index (χ2v) is 6.04. The Morgan fingerprint density at radius 2 is 1.68 bits per heavy atom. The number of barbiturate groups is 1. The summed E-state index contributed by atoms with van der Waals surface area (Å²) in [6, 6.07) is 7.85. The molecule has 4 amide bonds. The quantitative estimate of drug-likeness (QED) is 0.447. The van der Waals surface area contributed by atoms with Crippen LogP contribution in [0.15, 0.2) is 30.3 Å².